The topological polar surface area (TPSA) is 42.2 Å². The van der Waals surface area contributed by atoms with Crippen LogP contribution >= 0.6 is 11.6 Å². The molecule has 0 aliphatic rings. The minimum Gasteiger partial charge on any atom is -0.337 e. The summed E-state index contributed by atoms with van der Waals surface area (Å²) in [5, 5.41) is 3.55. The zero-order valence-corrected chi connectivity index (χ0v) is 13.3. The molecule has 2 aromatic carbocycles. The summed E-state index contributed by atoms with van der Waals surface area (Å²) in [5.41, 5.74) is 1.66. The average Bonchev–Trinajstić information content (AvgIpc) is 3.04. The molecule has 1 N–H and O–H groups in total. The van der Waals surface area contributed by atoms with Gasteiger partial charge in [0.1, 0.15) is 0 Å². The second kappa shape index (κ2) is 5.63. The molecule has 0 bridgehead atoms. The number of hydrogen-bond acceptors (Lipinski definition) is 3. The fraction of sp³-hybridized carbons (Fsp3) is 0.0588. The first-order chi connectivity index (χ1) is 11.9. The van der Waals surface area contributed by atoms with Crippen molar-refractivity contribution in [1.82, 2.24) is 14.4 Å². The number of alkyl halides is 3. The van der Waals surface area contributed by atoms with E-state index in [0.717, 1.165) is 17.6 Å². The first-order valence-corrected chi connectivity index (χ1v) is 7.67. The summed E-state index contributed by atoms with van der Waals surface area (Å²) in [6.07, 6.45) is -1.01. The van der Waals surface area contributed by atoms with Crippen LogP contribution in [0.15, 0.2) is 54.9 Å². The Morgan fingerprint density at radius 2 is 1.80 bits per heavy atom. The first-order valence-electron chi connectivity index (χ1n) is 7.29. The number of nitrogens with zero attached hydrogens (tertiary/aromatic N) is 3. The summed E-state index contributed by atoms with van der Waals surface area (Å²) in [5.74, 6) is 0.430. The summed E-state index contributed by atoms with van der Waals surface area (Å²) in [7, 11) is 0. The van der Waals surface area contributed by atoms with Crippen LogP contribution in [0.1, 0.15) is 5.56 Å². The second-order valence-electron chi connectivity index (χ2n) is 5.39. The summed E-state index contributed by atoms with van der Waals surface area (Å²) in [6.45, 7) is 0. The largest absolute Gasteiger partial charge is 0.416 e. The van der Waals surface area contributed by atoms with Crippen LogP contribution in [0.5, 0.6) is 0 Å². The van der Waals surface area contributed by atoms with Gasteiger partial charge in [-0.1, -0.05) is 17.7 Å². The van der Waals surface area contributed by atoms with Gasteiger partial charge in [0.2, 0.25) is 0 Å². The third kappa shape index (κ3) is 2.76. The Labute approximate surface area is 144 Å². The Morgan fingerprint density at radius 3 is 2.52 bits per heavy atom. The van der Waals surface area contributed by atoms with Crippen molar-refractivity contribution >= 4 is 39.8 Å². The highest BCUT2D eigenvalue weighted by Gasteiger charge is 2.30. The van der Waals surface area contributed by atoms with E-state index in [9.17, 15) is 13.2 Å². The van der Waals surface area contributed by atoms with Crippen molar-refractivity contribution in [1.29, 1.82) is 0 Å². The molecule has 126 valence electrons. The predicted octanol–water partition coefficient (Wildman–Crippen LogP) is 5.30. The van der Waals surface area contributed by atoms with Crippen LogP contribution in [0, 0.1) is 0 Å². The third-order valence-corrected chi connectivity index (χ3v) is 4.07. The third-order valence-electron chi connectivity index (χ3n) is 3.77. The summed E-state index contributed by atoms with van der Waals surface area (Å²) >= 11 is 6.25. The predicted molar refractivity (Wildman–Crippen MR) is 90.2 cm³/mol. The van der Waals surface area contributed by atoms with Gasteiger partial charge in [-0.3, -0.25) is 4.40 Å². The number of para-hydroxylation sites is 1. The standard InChI is InChI=1S/C17H10ClF3N4/c18-12-2-1-3-13-14(12)25-9-8-22-16(25)15(24-13)23-11-6-4-10(5-7-11)17(19,20)21/h1-9H,(H,23,24). The molecule has 4 nitrogen and oxygen atoms in total. The maximum Gasteiger partial charge on any atom is 0.416 e. The van der Waals surface area contributed by atoms with E-state index in [0.29, 0.717) is 27.7 Å². The molecule has 25 heavy (non-hydrogen) atoms. The van der Waals surface area contributed by atoms with Crippen LogP contribution < -0.4 is 5.32 Å². The van der Waals surface area contributed by atoms with E-state index in [-0.39, 0.29) is 0 Å². The molecule has 8 heteroatoms. The van der Waals surface area contributed by atoms with E-state index in [2.05, 4.69) is 15.3 Å². The van der Waals surface area contributed by atoms with Crippen LogP contribution in [0.3, 0.4) is 0 Å². The maximum absolute atomic E-state index is 12.7. The number of fused-ring (bicyclic) bond motifs is 3. The lowest BCUT2D eigenvalue weighted by Gasteiger charge is -2.11. The van der Waals surface area contributed by atoms with Crippen LogP contribution in [-0.2, 0) is 6.18 Å². The van der Waals surface area contributed by atoms with Crippen molar-refractivity contribution < 1.29 is 13.2 Å². The Balaban J connectivity index is 1.80. The normalized spacial score (nSPS) is 12.0. The van der Waals surface area contributed by atoms with Crippen LogP contribution in [0.2, 0.25) is 5.02 Å². The lowest BCUT2D eigenvalue weighted by molar-refractivity contribution is -0.137. The van der Waals surface area contributed by atoms with Crippen LogP contribution in [-0.4, -0.2) is 14.4 Å². The molecule has 0 radical (unpaired) electrons. The van der Waals surface area contributed by atoms with Gasteiger partial charge < -0.3 is 5.32 Å². The molecule has 0 saturated heterocycles. The molecule has 0 spiro atoms. The lowest BCUT2D eigenvalue weighted by atomic mass is 10.2. The first kappa shape index (κ1) is 15.7. The Hall–Kier alpha value is -2.80. The number of rotatable bonds is 2. The molecule has 0 unspecified atom stereocenters. The average molecular weight is 363 g/mol. The van der Waals surface area contributed by atoms with Gasteiger partial charge in [0.25, 0.3) is 0 Å². The molecular weight excluding hydrogens is 353 g/mol. The quantitative estimate of drug-likeness (QED) is 0.526. The number of benzene rings is 2. The number of imidazole rings is 1. The Kier molecular flexibility index (Phi) is 3.54. The van der Waals surface area contributed by atoms with Gasteiger partial charge in [0, 0.05) is 18.1 Å². The van der Waals surface area contributed by atoms with Gasteiger partial charge in [-0.15, -0.1) is 0 Å². The lowest BCUT2D eigenvalue weighted by Crippen LogP contribution is -2.05. The molecular formula is C17H10ClF3N4. The molecule has 0 fully saturated rings. The summed E-state index contributed by atoms with van der Waals surface area (Å²) in [6, 6.07) is 10.1. The van der Waals surface area contributed by atoms with E-state index in [1.54, 1.807) is 35.0 Å². The fourth-order valence-corrected chi connectivity index (χ4v) is 2.89. The number of hydrogen-bond donors (Lipinski definition) is 1. The molecule has 0 amide bonds. The van der Waals surface area contributed by atoms with E-state index in [1.807, 2.05) is 0 Å². The molecule has 0 saturated carbocycles. The van der Waals surface area contributed by atoms with E-state index >= 15 is 0 Å². The smallest absolute Gasteiger partial charge is 0.337 e. The van der Waals surface area contributed by atoms with Crippen molar-refractivity contribution in [2.45, 2.75) is 6.18 Å². The van der Waals surface area contributed by atoms with Gasteiger partial charge in [-0.05, 0) is 36.4 Å². The number of aromatic nitrogens is 3. The van der Waals surface area contributed by atoms with Crippen LogP contribution in [0.25, 0.3) is 16.7 Å². The highest BCUT2D eigenvalue weighted by molar-refractivity contribution is 6.35. The van der Waals surface area contributed by atoms with Crippen molar-refractivity contribution in [3.8, 4) is 0 Å². The van der Waals surface area contributed by atoms with Gasteiger partial charge >= 0.3 is 6.18 Å². The highest BCUT2D eigenvalue weighted by atomic mass is 35.5. The van der Waals surface area contributed by atoms with Gasteiger partial charge in [-0.25, -0.2) is 9.97 Å². The van der Waals surface area contributed by atoms with E-state index in [4.69, 9.17) is 11.6 Å². The molecule has 4 rings (SSSR count). The number of anilines is 2. The zero-order chi connectivity index (χ0) is 17.6. The van der Waals surface area contributed by atoms with Crippen molar-refractivity contribution in [2.75, 3.05) is 5.32 Å². The molecule has 0 aliphatic carbocycles. The highest BCUT2D eigenvalue weighted by Crippen LogP contribution is 2.31. The Bertz CT molecular complexity index is 1070. The maximum atomic E-state index is 12.7. The number of nitrogens with one attached hydrogen (secondary N) is 1. The number of halogens is 4. The van der Waals surface area contributed by atoms with Crippen molar-refractivity contribution in [3.63, 3.8) is 0 Å². The van der Waals surface area contributed by atoms with Gasteiger partial charge in [0.15, 0.2) is 11.5 Å². The van der Waals surface area contributed by atoms with Crippen molar-refractivity contribution in [2.24, 2.45) is 0 Å². The second-order valence-corrected chi connectivity index (χ2v) is 5.80. The monoisotopic (exact) mass is 362 g/mol. The van der Waals surface area contributed by atoms with E-state index < -0.39 is 11.7 Å². The van der Waals surface area contributed by atoms with Crippen molar-refractivity contribution in [3.05, 3.63) is 65.4 Å². The summed E-state index contributed by atoms with van der Waals surface area (Å²) in [4.78, 5) is 8.76. The Morgan fingerprint density at radius 1 is 1.04 bits per heavy atom. The molecule has 0 atom stereocenters. The molecule has 2 heterocycles. The fourth-order valence-electron chi connectivity index (χ4n) is 2.63. The SMILES string of the molecule is FC(F)(F)c1ccc(Nc2nc3cccc(Cl)c3n3ccnc23)cc1. The van der Waals surface area contributed by atoms with Crippen LogP contribution in [0.4, 0.5) is 24.7 Å². The van der Waals surface area contributed by atoms with Gasteiger partial charge in [0.05, 0.1) is 21.6 Å². The zero-order valence-electron chi connectivity index (χ0n) is 12.5. The molecule has 2 aromatic heterocycles. The molecule has 0 aliphatic heterocycles. The minimum absolute atomic E-state index is 0.430. The molecule has 4 aromatic rings. The summed E-state index contributed by atoms with van der Waals surface area (Å²) < 4.78 is 39.8. The van der Waals surface area contributed by atoms with E-state index in [1.165, 1.54) is 12.1 Å². The van der Waals surface area contributed by atoms with Gasteiger partial charge in [-0.2, -0.15) is 13.2 Å². The minimum atomic E-state index is -4.37.